The quantitative estimate of drug-likeness (QED) is 0.431. The van der Waals surface area contributed by atoms with Crippen LogP contribution in [0.4, 0.5) is 5.69 Å². The Morgan fingerprint density at radius 2 is 1.57 bits per heavy atom. The first kappa shape index (κ1) is 23.3. The highest BCUT2D eigenvalue weighted by atomic mass is 16.5. The molecule has 0 saturated heterocycles. The summed E-state index contributed by atoms with van der Waals surface area (Å²) in [7, 11) is 0. The summed E-state index contributed by atoms with van der Waals surface area (Å²) in [5.41, 5.74) is 1.96. The van der Waals surface area contributed by atoms with Gasteiger partial charge in [0.1, 0.15) is 0 Å². The third-order valence-corrected chi connectivity index (χ3v) is 5.06. The van der Waals surface area contributed by atoms with Crippen molar-refractivity contribution in [3.05, 3.63) is 65.7 Å². The SMILES string of the molecule is CCC(C)C(C(=O)OCC(=O)c1ccc(NC(=O)CC(C)C)cc1)c1ccccc1. The molecule has 0 fully saturated rings. The van der Waals surface area contributed by atoms with E-state index in [9.17, 15) is 14.4 Å². The Balaban J connectivity index is 1.97. The van der Waals surface area contributed by atoms with Crippen LogP contribution >= 0.6 is 0 Å². The lowest BCUT2D eigenvalue weighted by Crippen LogP contribution is -2.24. The van der Waals surface area contributed by atoms with Crippen LogP contribution in [-0.2, 0) is 14.3 Å². The van der Waals surface area contributed by atoms with Crippen LogP contribution in [-0.4, -0.2) is 24.3 Å². The summed E-state index contributed by atoms with van der Waals surface area (Å²) in [6, 6.07) is 16.1. The molecule has 0 saturated carbocycles. The zero-order valence-electron chi connectivity index (χ0n) is 18.2. The number of benzene rings is 2. The van der Waals surface area contributed by atoms with E-state index < -0.39 is 5.92 Å². The number of amides is 1. The summed E-state index contributed by atoms with van der Waals surface area (Å²) in [4.78, 5) is 37.0. The number of ether oxygens (including phenoxy) is 1. The van der Waals surface area contributed by atoms with Gasteiger partial charge >= 0.3 is 5.97 Å². The second-order valence-corrected chi connectivity index (χ2v) is 8.03. The first-order chi connectivity index (χ1) is 14.3. The lowest BCUT2D eigenvalue weighted by atomic mass is 9.85. The maximum atomic E-state index is 12.7. The van der Waals surface area contributed by atoms with Gasteiger partial charge in [-0.15, -0.1) is 0 Å². The number of nitrogens with one attached hydrogen (secondary N) is 1. The van der Waals surface area contributed by atoms with E-state index in [0.29, 0.717) is 17.7 Å². The van der Waals surface area contributed by atoms with E-state index in [0.717, 1.165) is 12.0 Å². The molecule has 0 heterocycles. The lowest BCUT2D eigenvalue weighted by Gasteiger charge is -2.21. The van der Waals surface area contributed by atoms with E-state index in [2.05, 4.69) is 5.32 Å². The zero-order chi connectivity index (χ0) is 22.1. The monoisotopic (exact) mass is 409 g/mol. The molecular formula is C25H31NO4. The Labute approximate surface area is 178 Å². The maximum Gasteiger partial charge on any atom is 0.314 e. The maximum absolute atomic E-state index is 12.7. The Hall–Kier alpha value is -2.95. The van der Waals surface area contributed by atoms with Crippen LogP contribution < -0.4 is 5.32 Å². The van der Waals surface area contributed by atoms with E-state index in [1.807, 2.05) is 58.0 Å². The van der Waals surface area contributed by atoms with E-state index in [-0.39, 0.29) is 36.1 Å². The first-order valence-electron chi connectivity index (χ1n) is 10.5. The molecule has 0 aromatic heterocycles. The van der Waals surface area contributed by atoms with Gasteiger partial charge in [-0.25, -0.2) is 0 Å². The molecule has 1 N–H and O–H groups in total. The lowest BCUT2D eigenvalue weighted by molar-refractivity contribution is -0.145. The molecule has 160 valence electrons. The second-order valence-electron chi connectivity index (χ2n) is 8.03. The number of hydrogen-bond acceptors (Lipinski definition) is 4. The molecule has 0 bridgehead atoms. The molecule has 2 aromatic carbocycles. The van der Waals surface area contributed by atoms with Gasteiger partial charge in [0, 0.05) is 17.7 Å². The van der Waals surface area contributed by atoms with Gasteiger partial charge in [0.2, 0.25) is 5.91 Å². The molecule has 2 aromatic rings. The Bertz CT molecular complexity index is 843. The molecule has 0 aliphatic carbocycles. The van der Waals surface area contributed by atoms with E-state index in [1.165, 1.54) is 0 Å². The number of esters is 1. The normalized spacial score (nSPS) is 12.8. The minimum atomic E-state index is -0.400. The van der Waals surface area contributed by atoms with Gasteiger partial charge in [-0.2, -0.15) is 0 Å². The van der Waals surface area contributed by atoms with Gasteiger partial charge in [0.15, 0.2) is 12.4 Å². The number of carbonyl (C=O) groups excluding carboxylic acids is 3. The van der Waals surface area contributed by atoms with Crippen LogP contribution in [0.2, 0.25) is 0 Å². The minimum absolute atomic E-state index is 0.0602. The summed E-state index contributed by atoms with van der Waals surface area (Å²) >= 11 is 0. The standard InChI is InChI=1S/C25H31NO4/c1-5-18(4)24(20-9-7-6-8-10-20)25(29)30-16-22(27)19-11-13-21(14-12-19)26-23(28)15-17(2)3/h6-14,17-18,24H,5,15-16H2,1-4H3,(H,26,28). The van der Waals surface area contributed by atoms with Crippen molar-refractivity contribution in [2.45, 2.75) is 46.5 Å². The van der Waals surface area contributed by atoms with E-state index >= 15 is 0 Å². The average molecular weight is 410 g/mol. The predicted octanol–water partition coefficient (Wildman–Crippen LogP) is 5.23. The van der Waals surface area contributed by atoms with E-state index in [1.54, 1.807) is 24.3 Å². The van der Waals surface area contributed by atoms with Gasteiger partial charge in [0.05, 0.1) is 5.92 Å². The van der Waals surface area contributed by atoms with Crippen LogP contribution in [0.5, 0.6) is 0 Å². The number of anilines is 1. The zero-order valence-corrected chi connectivity index (χ0v) is 18.2. The number of ketones is 1. The van der Waals surface area contributed by atoms with Crippen molar-refractivity contribution in [3.8, 4) is 0 Å². The van der Waals surface area contributed by atoms with Gasteiger partial charge < -0.3 is 10.1 Å². The van der Waals surface area contributed by atoms with Crippen molar-refractivity contribution in [3.63, 3.8) is 0 Å². The van der Waals surface area contributed by atoms with Crippen molar-refractivity contribution in [2.24, 2.45) is 11.8 Å². The van der Waals surface area contributed by atoms with Crippen molar-refractivity contribution in [2.75, 3.05) is 11.9 Å². The fourth-order valence-corrected chi connectivity index (χ4v) is 3.23. The number of hydrogen-bond donors (Lipinski definition) is 1. The fraction of sp³-hybridized carbons (Fsp3) is 0.400. The molecule has 0 radical (unpaired) electrons. The Morgan fingerprint density at radius 1 is 0.933 bits per heavy atom. The van der Waals surface area contributed by atoms with Gasteiger partial charge in [-0.05, 0) is 41.7 Å². The second kappa shape index (κ2) is 11.3. The molecule has 2 unspecified atom stereocenters. The molecule has 2 atom stereocenters. The van der Waals surface area contributed by atoms with Gasteiger partial charge in [0.25, 0.3) is 0 Å². The number of carbonyl (C=O) groups is 3. The molecule has 0 aliphatic heterocycles. The molecule has 5 nitrogen and oxygen atoms in total. The summed E-state index contributed by atoms with van der Waals surface area (Å²) < 4.78 is 5.38. The van der Waals surface area contributed by atoms with Gasteiger partial charge in [-0.1, -0.05) is 64.4 Å². The van der Waals surface area contributed by atoms with Crippen LogP contribution in [0, 0.1) is 11.8 Å². The first-order valence-corrected chi connectivity index (χ1v) is 10.5. The van der Waals surface area contributed by atoms with Gasteiger partial charge in [-0.3, -0.25) is 14.4 Å². The Morgan fingerprint density at radius 3 is 2.13 bits per heavy atom. The molecular weight excluding hydrogens is 378 g/mol. The molecule has 30 heavy (non-hydrogen) atoms. The summed E-state index contributed by atoms with van der Waals surface area (Å²) in [5, 5.41) is 2.81. The largest absolute Gasteiger partial charge is 0.457 e. The van der Waals surface area contributed by atoms with Crippen molar-refractivity contribution in [1.29, 1.82) is 0 Å². The van der Waals surface area contributed by atoms with Crippen LogP contribution in [0.25, 0.3) is 0 Å². The third-order valence-electron chi connectivity index (χ3n) is 5.06. The van der Waals surface area contributed by atoms with Crippen LogP contribution in [0.1, 0.15) is 62.4 Å². The molecule has 1 amide bonds. The molecule has 5 heteroatoms. The summed E-state index contributed by atoms with van der Waals surface area (Å²) in [6.45, 7) is 7.68. The minimum Gasteiger partial charge on any atom is -0.457 e. The molecule has 0 aliphatic rings. The van der Waals surface area contributed by atoms with E-state index in [4.69, 9.17) is 4.74 Å². The van der Waals surface area contributed by atoms with Crippen molar-refractivity contribution < 1.29 is 19.1 Å². The Kier molecular flexibility index (Phi) is 8.78. The number of Topliss-reactive ketones (excluding diaryl/α,β-unsaturated/α-hetero) is 1. The molecule has 0 spiro atoms. The third kappa shape index (κ3) is 6.83. The average Bonchev–Trinajstić information content (AvgIpc) is 2.72. The smallest absolute Gasteiger partial charge is 0.314 e. The van der Waals surface area contributed by atoms with Crippen molar-refractivity contribution >= 4 is 23.3 Å². The van der Waals surface area contributed by atoms with Crippen molar-refractivity contribution in [1.82, 2.24) is 0 Å². The fourth-order valence-electron chi connectivity index (χ4n) is 3.23. The topological polar surface area (TPSA) is 72.5 Å². The molecule has 2 rings (SSSR count). The predicted molar refractivity (Wildman–Crippen MR) is 118 cm³/mol. The number of rotatable bonds is 10. The highest BCUT2D eigenvalue weighted by Gasteiger charge is 2.27. The van der Waals surface area contributed by atoms with Crippen LogP contribution in [0.3, 0.4) is 0 Å². The summed E-state index contributed by atoms with van der Waals surface area (Å²) in [6.07, 6.45) is 1.27. The summed E-state index contributed by atoms with van der Waals surface area (Å²) in [5.74, 6) is -0.752. The highest BCUT2D eigenvalue weighted by molar-refractivity contribution is 5.99. The highest BCUT2D eigenvalue weighted by Crippen LogP contribution is 2.28. The van der Waals surface area contributed by atoms with Crippen LogP contribution in [0.15, 0.2) is 54.6 Å².